The first-order valence-corrected chi connectivity index (χ1v) is 3.61. The van der Waals surface area contributed by atoms with Crippen molar-refractivity contribution in [2.75, 3.05) is 6.54 Å². The normalized spacial score (nSPS) is 9.27. The highest BCUT2D eigenvalue weighted by Gasteiger charge is 1.97. The molecule has 0 aromatic heterocycles. The zero-order chi connectivity index (χ0) is 8.10. The van der Waals surface area contributed by atoms with Gasteiger partial charge in [-0.3, -0.25) is 0 Å². The summed E-state index contributed by atoms with van der Waals surface area (Å²) in [5, 5.41) is 0. The number of hydrogen-bond acceptors (Lipinski definition) is 1. The van der Waals surface area contributed by atoms with Crippen molar-refractivity contribution in [2.45, 2.75) is 12.8 Å². The van der Waals surface area contributed by atoms with Gasteiger partial charge in [0.05, 0.1) is 0 Å². The van der Waals surface area contributed by atoms with Crippen molar-refractivity contribution in [3.8, 4) is 0 Å². The van der Waals surface area contributed by atoms with Gasteiger partial charge in [-0.15, -0.1) is 0 Å². The molecule has 0 aliphatic carbocycles. The van der Waals surface area contributed by atoms with Crippen LogP contribution in [0.5, 0.6) is 0 Å². The number of halogens is 1. The molecule has 11 heavy (non-hydrogen) atoms. The van der Waals surface area contributed by atoms with Crippen LogP contribution >= 0.6 is 0 Å². The molecule has 0 aliphatic heterocycles. The van der Waals surface area contributed by atoms with Crippen LogP contribution < -0.4 is 5.73 Å². The first-order valence-electron chi connectivity index (χ1n) is 3.61. The van der Waals surface area contributed by atoms with Gasteiger partial charge >= 0.3 is 0 Å². The number of rotatable bonds is 3. The van der Waals surface area contributed by atoms with Gasteiger partial charge < -0.3 is 5.73 Å². The van der Waals surface area contributed by atoms with E-state index in [1.54, 1.807) is 0 Å². The number of nitrogens with two attached hydrogens (primary N) is 1. The summed E-state index contributed by atoms with van der Waals surface area (Å²) in [6.07, 6.45) is 1.45. The van der Waals surface area contributed by atoms with Gasteiger partial charge in [-0.1, -0.05) is 12.1 Å². The maximum absolute atomic E-state index is 12.8. The standard InChI is InChI=1S/C9H10FN/c10-9-6-2-1-4-8(9)5-3-7-11/h2,6H,3,5,7,11H2. The van der Waals surface area contributed by atoms with Crippen molar-refractivity contribution in [3.63, 3.8) is 0 Å². The van der Waals surface area contributed by atoms with E-state index in [0.29, 0.717) is 18.5 Å². The average molecular weight is 151 g/mol. The van der Waals surface area contributed by atoms with Gasteiger partial charge in [0.15, 0.2) is 0 Å². The van der Waals surface area contributed by atoms with E-state index in [4.69, 9.17) is 5.73 Å². The van der Waals surface area contributed by atoms with E-state index in [1.807, 2.05) is 0 Å². The van der Waals surface area contributed by atoms with E-state index in [1.165, 1.54) is 12.1 Å². The minimum absolute atomic E-state index is 0.211. The molecule has 2 heteroatoms. The van der Waals surface area contributed by atoms with E-state index in [0.717, 1.165) is 6.42 Å². The molecular formula is C9H10FN. The van der Waals surface area contributed by atoms with Crippen molar-refractivity contribution < 1.29 is 4.39 Å². The van der Waals surface area contributed by atoms with Crippen molar-refractivity contribution in [1.29, 1.82) is 0 Å². The largest absolute Gasteiger partial charge is 0.330 e. The summed E-state index contributed by atoms with van der Waals surface area (Å²) in [4.78, 5) is 0. The second-order valence-electron chi connectivity index (χ2n) is 2.32. The van der Waals surface area contributed by atoms with E-state index >= 15 is 0 Å². The molecule has 0 atom stereocenters. The third kappa shape index (κ3) is 2.21. The predicted molar refractivity (Wildman–Crippen MR) is 41.4 cm³/mol. The molecule has 1 nitrogen and oxygen atoms in total. The minimum atomic E-state index is -0.211. The lowest BCUT2D eigenvalue weighted by molar-refractivity contribution is 0.605. The van der Waals surface area contributed by atoms with E-state index in [2.05, 4.69) is 12.1 Å². The molecule has 58 valence electrons. The Labute approximate surface area is 66.0 Å². The fraction of sp³-hybridized carbons (Fsp3) is 0.333. The fourth-order valence-electron chi connectivity index (χ4n) is 0.865. The molecule has 0 bridgehead atoms. The van der Waals surface area contributed by atoms with Gasteiger partial charge in [-0.25, -0.2) is 4.39 Å². The van der Waals surface area contributed by atoms with Crippen LogP contribution in [0.4, 0.5) is 4.39 Å². The highest BCUT2D eigenvalue weighted by molar-refractivity contribution is 5.10. The molecule has 1 rings (SSSR count). The predicted octanol–water partition coefficient (Wildman–Crippen LogP) is 1.32. The summed E-state index contributed by atoms with van der Waals surface area (Å²) >= 11 is 0. The van der Waals surface area contributed by atoms with E-state index in [9.17, 15) is 4.39 Å². The lowest BCUT2D eigenvalue weighted by atomic mass is 10.1. The maximum Gasteiger partial charge on any atom is 0.135 e. The Bertz CT molecular complexity index is 223. The smallest absolute Gasteiger partial charge is 0.135 e. The quantitative estimate of drug-likeness (QED) is 0.692. The van der Waals surface area contributed by atoms with Crippen molar-refractivity contribution in [3.05, 3.63) is 35.6 Å². The molecule has 0 aliphatic rings. The zero-order valence-electron chi connectivity index (χ0n) is 6.23. The molecule has 0 spiro atoms. The van der Waals surface area contributed by atoms with Crippen molar-refractivity contribution in [2.24, 2.45) is 5.73 Å². The third-order valence-corrected chi connectivity index (χ3v) is 1.46. The molecule has 0 unspecified atom stereocenters. The maximum atomic E-state index is 12.8. The highest BCUT2D eigenvalue weighted by atomic mass is 19.1. The van der Waals surface area contributed by atoms with Crippen LogP contribution in [0.3, 0.4) is 0 Å². The van der Waals surface area contributed by atoms with Crippen LogP contribution in [0.15, 0.2) is 12.1 Å². The first-order chi connectivity index (χ1) is 5.34. The zero-order valence-corrected chi connectivity index (χ0v) is 6.23. The van der Waals surface area contributed by atoms with Gasteiger partial charge in [0.2, 0.25) is 0 Å². The van der Waals surface area contributed by atoms with Crippen LogP contribution in [0.2, 0.25) is 0 Å². The summed E-state index contributed by atoms with van der Waals surface area (Å²) in [5.74, 6) is -0.211. The third-order valence-electron chi connectivity index (χ3n) is 1.46. The Hall–Kier alpha value is -1.07. The van der Waals surface area contributed by atoms with Crippen molar-refractivity contribution >= 4 is 0 Å². The Kier molecular flexibility index (Phi) is 2.88. The summed E-state index contributed by atoms with van der Waals surface area (Å²) in [5.41, 5.74) is 5.86. The Morgan fingerprint density at radius 2 is 2.36 bits per heavy atom. The van der Waals surface area contributed by atoms with Crippen LogP contribution in [-0.4, -0.2) is 6.54 Å². The van der Waals surface area contributed by atoms with Gasteiger partial charge in [0, 0.05) is 5.56 Å². The topological polar surface area (TPSA) is 26.0 Å². The molecular weight excluding hydrogens is 141 g/mol. The fourth-order valence-corrected chi connectivity index (χ4v) is 0.865. The molecule has 1 aromatic carbocycles. The van der Waals surface area contributed by atoms with Crippen molar-refractivity contribution in [1.82, 2.24) is 0 Å². The second-order valence-corrected chi connectivity index (χ2v) is 2.32. The van der Waals surface area contributed by atoms with Gasteiger partial charge in [-0.2, -0.15) is 0 Å². The molecule has 0 heterocycles. The average Bonchev–Trinajstić information content (AvgIpc) is 2.03. The number of hydrogen-bond donors (Lipinski definition) is 1. The molecule has 0 saturated carbocycles. The summed E-state index contributed by atoms with van der Waals surface area (Å²) in [6, 6.07) is 8.33. The van der Waals surface area contributed by atoms with Crippen LogP contribution in [-0.2, 0) is 6.42 Å². The van der Waals surface area contributed by atoms with Crippen LogP contribution in [0.1, 0.15) is 12.0 Å². The van der Waals surface area contributed by atoms with E-state index < -0.39 is 0 Å². The van der Waals surface area contributed by atoms with Crippen LogP contribution in [0, 0.1) is 17.9 Å². The summed E-state index contributed by atoms with van der Waals surface area (Å²) in [7, 11) is 0. The summed E-state index contributed by atoms with van der Waals surface area (Å²) in [6.45, 7) is 0.585. The SMILES string of the molecule is NCCCc1c#cccc1F. The lowest BCUT2D eigenvalue weighted by Gasteiger charge is -1.95. The van der Waals surface area contributed by atoms with Gasteiger partial charge in [0.25, 0.3) is 0 Å². The molecule has 0 amide bonds. The second kappa shape index (κ2) is 3.95. The monoisotopic (exact) mass is 151 g/mol. The lowest BCUT2D eigenvalue weighted by Crippen LogP contribution is -2.01. The molecule has 2 N–H and O–H groups in total. The minimum Gasteiger partial charge on any atom is -0.330 e. The van der Waals surface area contributed by atoms with Gasteiger partial charge in [0.1, 0.15) is 5.82 Å². The molecule has 0 fully saturated rings. The molecule has 1 aromatic rings. The van der Waals surface area contributed by atoms with E-state index in [-0.39, 0.29) is 5.82 Å². The Morgan fingerprint density at radius 1 is 1.55 bits per heavy atom. The first kappa shape index (κ1) is 8.03. The molecule has 0 saturated heterocycles. The van der Waals surface area contributed by atoms with Crippen LogP contribution in [0.25, 0.3) is 0 Å². The highest BCUT2D eigenvalue weighted by Crippen LogP contribution is 2.04. The Morgan fingerprint density at radius 3 is 3.00 bits per heavy atom. The Balaban J connectivity index is 2.62. The van der Waals surface area contributed by atoms with Gasteiger partial charge in [-0.05, 0) is 31.5 Å². The summed E-state index contributed by atoms with van der Waals surface area (Å²) < 4.78 is 12.8. The molecule has 0 radical (unpaired) electrons.